The summed E-state index contributed by atoms with van der Waals surface area (Å²) in [6.45, 7) is 4.64. The summed E-state index contributed by atoms with van der Waals surface area (Å²) in [6, 6.07) is 9.96. The van der Waals surface area contributed by atoms with E-state index in [1.54, 1.807) is 0 Å². The third-order valence-electron chi connectivity index (χ3n) is 3.35. The van der Waals surface area contributed by atoms with Gasteiger partial charge in [-0.2, -0.15) is 0 Å². The van der Waals surface area contributed by atoms with Crippen molar-refractivity contribution < 1.29 is 0 Å². The summed E-state index contributed by atoms with van der Waals surface area (Å²) in [7, 11) is 0. The van der Waals surface area contributed by atoms with Gasteiger partial charge in [-0.1, -0.05) is 43.5 Å². The lowest BCUT2D eigenvalue weighted by molar-refractivity contribution is 0.786. The van der Waals surface area contributed by atoms with Gasteiger partial charge in [0.2, 0.25) is 0 Å². The third-order valence-corrected chi connectivity index (χ3v) is 5.55. The van der Waals surface area contributed by atoms with Crippen molar-refractivity contribution in [3.63, 3.8) is 0 Å². The van der Waals surface area contributed by atoms with E-state index in [2.05, 4.69) is 63.2 Å². The van der Waals surface area contributed by atoms with Crippen molar-refractivity contribution in [2.45, 2.75) is 19.9 Å². The number of hydrogen-bond acceptors (Lipinski definition) is 2. The molecule has 112 valence electrons. The van der Waals surface area contributed by atoms with Crippen LogP contribution in [0.3, 0.4) is 0 Å². The average molecular weight is 433 g/mol. The summed E-state index contributed by atoms with van der Waals surface area (Å²) in [4.78, 5) is 0. The van der Waals surface area contributed by atoms with Gasteiger partial charge in [-0.3, -0.25) is 0 Å². The van der Waals surface area contributed by atoms with E-state index in [1.807, 2.05) is 18.2 Å². The molecule has 21 heavy (non-hydrogen) atoms. The number of nitrogens with two attached hydrogens (primary N) is 1. The first-order valence-corrected chi connectivity index (χ1v) is 8.57. The monoisotopic (exact) mass is 430 g/mol. The van der Waals surface area contributed by atoms with Crippen molar-refractivity contribution in [1.29, 1.82) is 0 Å². The number of hydrogen-bond donors (Lipinski definition) is 2. The number of anilines is 1. The number of halogens is 3. The molecular formula is C16H17Br2ClN2. The van der Waals surface area contributed by atoms with Gasteiger partial charge in [-0.15, -0.1) is 0 Å². The van der Waals surface area contributed by atoms with Gasteiger partial charge in [0, 0.05) is 26.2 Å². The van der Waals surface area contributed by atoms with Gasteiger partial charge in [0.1, 0.15) is 0 Å². The molecule has 1 unspecified atom stereocenters. The molecule has 5 heteroatoms. The molecule has 0 aromatic heterocycles. The molecule has 0 heterocycles. The Labute approximate surface area is 147 Å². The zero-order chi connectivity index (χ0) is 15.6. The van der Waals surface area contributed by atoms with E-state index in [0.717, 1.165) is 20.2 Å². The Morgan fingerprint density at radius 1 is 1.14 bits per heavy atom. The minimum Gasteiger partial charge on any atom is -0.377 e. The van der Waals surface area contributed by atoms with Crippen molar-refractivity contribution in [1.82, 2.24) is 0 Å². The van der Waals surface area contributed by atoms with Gasteiger partial charge < -0.3 is 11.1 Å². The van der Waals surface area contributed by atoms with Crippen LogP contribution in [0.25, 0.3) is 0 Å². The SMILES string of the molecule is Cc1cc(NC(CN)c2cc(Cl)ccc2Br)cc(C)c1Br. The molecule has 2 aromatic rings. The van der Waals surface area contributed by atoms with Gasteiger partial charge in [-0.05, 0) is 60.9 Å². The number of rotatable bonds is 4. The topological polar surface area (TPSA) is 38.0 Å². The highest BCUT2D eigenvalue weighted by Crippen LogP contribution is 2.31. The minimum absolute atomic E-state index is 0.00181. The zero-order valence-electron chi connectivity index (χ0n) is 11.9. The van der Waals surface area contributed by atoms with Crippen LogP contribution in [0.1, 0.15) is 22.7 Å². The molecule has 0 aliphatic rings. The maximum Gasteiger partial charge on any atom is 0.0647 e. The normalized spacial score (nSPS) is 12.3. The molecule has 3 N–H and O–H groups in total. The van der Waals surface area contributed by atoms with E-state index in [1.165, 1.54) is 11.1 Å². The number of nitrogens with one attached hydrogen (secondary N) is 1. The van der Waals surface area contributed by atoms with Crippen LogP contribution in [0.5, 0.6) is 0 Å². The quantitative estimate of drug-likeness (QED) is 0.661. The standard InChI is InChI=1S/C16H17Br2ClN2/c1-9-5-12(6-10(2)16(9)18)21-15(8-20)13-7-11(19)3-4-14(13)17/h3-7,15,21H,8,20H2,1-2H3. The predicted molar refractivity (Wildman–Crippen MR) is 98.2 cm³/mol. The molecule has 2 aromatic carbocycles. The number of aryl methyl sites for hydroxylation is 2. The second-order valence-corrected chi connectivity index (χ2v) is 7.11. The first-order valence-electron chi connectivity index (χ1n) is 6.60. The van der Waals surface area contributed by atoms with Crippen LogP contribution in [0.15, 0.2) is 39.3 Å². The van der Waals surface area contributed by atoms with Crippen LogP contribution < -0.4 is 11.1 Å². The fourth-order valence-corrected chi connectivity index (χ4v) is 3.21. The van der Waals surface area contributed by atoms with Crippen molar-refractivity contribution in [3.8, 4) is 0 Å². The van der Waals surface area contributed by atoms with Gasteiger partial charge >= 0.3 is 0 Å². The fourth-order valence-electron chi connectivity index (χ4n) is 2.28. The summed E-state index contributed by atoms with van der Waals surface area (Å²) in [5, 5.41) is 4.19. The van der Waals surface area contributed by atoms with Crippen LogP contribution >= 0.6 is 43.5 Å². The highest BCUT2D eigenvalue weighted by molar-refractivity contribution is 9.10. The summed E-state index contributed by atoms with van der Waals surface area (Å²) in [5.74, 6) is 0. The van der Waals surface area contributed by atoms with Gasteiger partial charge in [-0.25, -0.2) is 0 Å². The van der Waals surface area contributed by atoms with Crippen molar-refractivity contribution in [3.05, 3.63) is 61.0 Å². The third kappa shape index (κ3) is 4.01. The van der Waals surface area contributed by atoms with Crippen LogP contribution in [-0.4, -0.2) is 6.54 Å². The smallest absolute Gasteiger partial charge is 0.0647 e. The Morgan fingerprint density at radius 3 is 2.33 bits per heavy atom. The molecule has 0 fully saturated rings. The lowest BCUT2D eigenvalue weighted by Gasteiger charge is -2.21. The lowest BCUT2D eigenvalue weighted by Crippen LogP contribution is -2.21. The molecule has 0 bridgehead atoms. The Hall–Kier alpha value is -0.550. The summed E-state index contributed by atoms with van der Waals surface area (Å²) >= 11 is 13.2. The Kier molecular flexibility index (Phi) is 5.72. The molecule has 0 radical (unpaired) electrons. The van der Waals surface area contributed by atoms with Crippen LogP contribution in [0.2, 0.25) is 5.02 Å². The highest BCUT2D eigenvalue weighted by Gasteiger charge is 2.14. The predicted octanol–water partition coefficient (Wildman–Crippen LogP) is 5.59. The first kappa shape index (κ1) is 16.8. The molecule has 0 amide bonds. The fraction of sp³-hybridized carbons (Fsp3) is 0.250. The molecule has 0 saturated carbocycles. The van der Waals surface area contributed by atoms with Crippen LogP contribution in [-0.2, 0) is 0 Å². The van der Waals surface area contributed by atoms with Crippen molar-refractivity contribution in [2.24, 2.45) is 5.73 Å². The number of benzene rings is 2. The second-order valence-electron chi connectivity index (χ2n) is 5.02. The van der Waals surface area contributed by atoms with E-state index in [4.69, 9.17) is 17.3 Å². The second kappa shape index (κ2) is 7.14. The van der Waals surface area contributed by atoms with Crippen molar-refractivity contribution >= 4 is 49.1 Å². The summed E-state index contributed by atoms with van der Waals surface area (Å²) in [6.07, 6.45) is 0. The largest absolute Gasteiger partial charge is 0.377 e. The molecule has 0 aliphatic heterocycles. The Balaban J connectivity index is 2.33. The van der Waals surface area contributed by atoms with E-state index in [9.17, 15) is 0 Å². The van der Waals surface area contributed by atoms with Gasteiger partial charge in [0.05, 0.1) is 6.04 Å². The van der Waals surface area contributed by atoms with Crippen LogP contribution in [0.4, 0.5) is 5.69 Å². The maximum atomic E-state index is 6.10. The maximum absolute atomic E-state index is 6.10. The van der Waals surface area contributed by atoms with Gasteiger partial charge in [0.25, 0.3) is 0 Å². The molecule has 0 spiro atoms. The highest BCUT2D eigenvalue weighted by atomic mass is 79.9. The van der Waals surface area contributed by atoms with E-state index < -0.39 is 0 Å². The Bertz CT molecular complexity index is 636. The molecular weight excluding hydrogens is 415 g/mol. The first-order chi connectivity index (χ1) is 9.92. The lowest BCUT2D eigenvalue weighted by atomic mass is 10.1. The zero-order valence-corrected chi connectivity index (χ0v) is 15.8. The molecule has 0 saturated heterocycles. The summed E-state index contributed by atoms with van der Waals surface area (Å²) in [5.41, 5.74) is 10.4. The minimum atomic E-state index is -0.00181. The molecule has 1 atom stereocenters. The van der Waals surface area contributed by atoms with E-state index >= 15 is 0 Å². The molecule has 2 nitrogen and oxygen atoms in total. The van der Waals surface area contributed by atoms with Crippen molar-refractivity contribution in [2.75, 3.05) is 11.9 Å². The van der Waals surface area contributed by atoms with Gasteiger partial charge in [0.15, 0.2) is 0 Å². The van der Waals surface area contributed by atoms with E-state index in [0.29, 0.717) is 11.6 Å². The summed E-state index contributed by atoms with van der Waals surface area (Å²) < 4.78 is 2.14. The average Bonchev–Trinajstić information content (AvgIpc) is 2.45. The Morgan fingerprint density at radius 2 is 1.76 bits per heavy atom. The van der Waals surface area contributed by atoms with E-state index in [-0.39, 0.29) is 6.04 Å². The van der Waals surface area contributed by atoms with Crippen LogP contribution in [0, 0.1) is 13.8 Å². The molecule has 2 rings (SSSR count). The molecule has 0 aliphatic carbocycles.